The van der Waals surface area contributed by atoms with Crippen LogP contribution in [0.25, 0.3) is 0 Å². The topological polar surface area (TPSA) is 69.8 Å². The molecule has 0 aliphatic carbocycles. The van der Waals surface area contributed by atoms with E-state index in [1.54, 1.807) is 0 Å². The van der Waals surface area contributed by atoms with E-state index in [0.29, 0.717) is 18.6 Å². The maximum atomic E-state index is 12.9. The predicted molar refractivity (Wildman–Crippen MR) is 127 cm³/mol. The van der Waals surface area contributed by atoms with Crippen molar-refractivity contribution in [1.29, 1.82) is 0 Å². The van der Waals surface area contributed by atoms with Crippen molar-refractivity contribution < 1.29 is 14.4 Å². The quantitative estimate of drug-likeness (QED) is 0.737. The van der Waals surface area contributed by atoms with Gasteiger partial charge in [0, 0.05) is 38.7 Å². The highest BCUT2D eigenvalue weighted by molar-refractivity contribution is 5.76. The third-order valence-corrected chi connectivity index (χ3v) is 6.19. The van der Waals surface area contributed by atoms with Gasteiger partial charge in [0.05, 0.1) is 12.2 Å². The van der Waals surface area contributed by atoms with Crippen LogP contribution in [0.3, 0.4) is 0 Å². The molecular weight excluding hydrogens is 402 g/mol. The van der Waals surface area contributed by atoms with Crippen LogP contribution in [0.1, 0.15) is 76.1 Å². The number of phenols is 1. The molecule has 1 fully saturated rings. The summed E-state index contributed by atoms with van der Waals surface area (Å²) in [6, 6.07) is 6.12. The number of benzene rings is 1. The monoisotopic (exact) mass is 441 g/mol. The van der Waals surface area contributed by atoms with Crippen LogP contribution in [0.15, 0.2) is 22.7 Å². The summed E-state index contributed by atoms with van der Waals surface area (Å²) in [6.45, 7) is 18.5. The van der Waals surface area contributed by atoms with E-state index in [-0.39, 0.29) is 16.7 Å². The Morgan fingerprint density at radius 1 is 1.00 bits per heavy atom. The molecule has 176 valence electrons. The molecule has 3 rings (SSSR count). The largest absolute Gasteiger partial charge is 0.507 e. The number of phenolic OH excluding ortho intramolecular Hbond substituents is 1. The first-order chi connectivity index (χ1) is 14.8. The number of aromatic hydroxyl groups is 1. The van der Waals surface area contributed by atoms with Crippen LogP contribution in [0, 0.1) is 6.92 Å². The van der Waals surface area contributed by atoms with Gasteiger partial charge < -0.3 is 14.5 Å². The van der Waals surface area contributed by atoms with E-state index in [9.17, 15) is 9.90 Å². The molecule has 32 heavy (non-hydrogen) atoms. The van der Waals surface area contributed by atoms with Gasteiger partial charge in [0.15, 0.2) is 5.76 Å². The normalized spacial score (nSPS) is 15.9. The molecule has 0 radical (unpaired) electrons. The molecule has 1 aliphatic heterocycles. The smallest absolute Gasteiger partial charge is 0.222 e. The minimum absolute atomic E-state index is 0.164. The molecule has 0 atom stereocenters. The second-order valence-electron chi connectivity index (χ2n) is 11.1. The lowest BCUT2D eigenvalue weighted by atomic mass is 9.78. The average molecular weight is 442 g/mol. The Morgan fingerprint density at radius 3 is 2.03 bits per heavy atom. The number of piperazine rings is 1. The maximum Gasteiger partial charge on any atom is 0.222 e. The van der Waals surface area contributed by atoms with Gasteiger partial charge in [-0.1, -0.05) is 58.8 Å². The predicted octanol–water partition coefficient (Wildman–Crippen LogP) is 4.56. The summed E-state index contributed by atoms with van der Waals surface area (Å²) in [5, 5.41) is 14.9. The van der Waals surface area contributed by atoms with Gasteiger partial charge in [0.25, 0.3) is 0 Å². The zero-order chi connectivity index (χ0) is 23.7. The number of carbonyl (C=O) groups is 1. The Morgan fingerprint density at radius 2 is 1.56 bits per heavy atom. The lowest BCUT2D eigenvalue weighted by molar-refractivity contribution is -0.133. The van der Waals surface area contributed by atoms with Gasteiger partial charge in [-0.05, 0) is 40.9 Å². The van der Waals surface area contributed by atoms with E-state index in [2.05, 4.69) is 63.7 Å². The van der Waals surface area contributed by atoms with Crippen LogP contribution < -0.4 is 0 Å². The van der Waals surface area contributed by atoms with E-state index in [4.69, 9.17) is 4.52 Å². The van der Waals surface area contributed by atoms with E-state index in [0.717, 1.165) is 60.9 Å². The fourth-order valence-corrected chi connectivity index (χ4v) is 4.26. The second-order valence-corrected chi connectivity index (χ2v) is 11.1. The van der Waals surface area contributed by atoms with Crippen molar-refractivity contribution in [1.82, 2.24) is 15.0 Å². The molecule has 0 saturated carbocycles. The standard InChI is InChI=1S/C26H39N3O3/c1-18-14-20(32-27-18)17-28-10-12-29(13-11-28)23(30)9-8-19-15-21(25(2,3)4)24(31)22(16-19)26(5,6)7/h14-16,31H,8-13,17H2,1-7H3. The fraction of sp³-hybridized carbons (Fsp3) is 0.615. The summed E-state index contributed by atoms with van der Waals surface area (Å²) in [5.74, 6) is 1.46. The van der Waals surface area contributed by atoms with Gasteiger partial charge in [-0.25, -0.2) is 0 Å². The first kappa shape index (κ1) is 24.3. The lowest BCUT2D eigenvalue weighted by Gasteiger charge is -2.34. The van der Waals surface area contributed by atoms with Crippen LogP contribution >= 0.6 is 0 Å². The SMILES string of the molecule is Cc1cc(CN2CCN(C(=O)CCc3cc(C(C)(C)C)c(O)c(C(C)(C)C)c3)CC2)on1. The first-order valence-electron chi connectivity index (χ1n) is 11.6. The minimum atomic E-state index is -0.164. The third kappa shape index (κ3) is 5.91. The number of aromatic nitrogens is 1. The molecule has 1 aromatic carbocycles. The Labute approximate surface area is 192 Å². The van der Waals surface area contributed by atoms with Crippen molar-refractivity contribution in [2.75, 3.05) is 26.2 Å². The molecule has 2 heterocycles. The number of hydrogen-bond donors (Lipinski definition) is 1. The summed E-state index contributed by atoms with van der Waals surface area (Å²) >= 11 is 0. The van der Waals surface area contributed by atoms with Crippen LogP contribution in [0.2, 0.25) is 0 Å². The highest BCUT2D eigenvalue weighted by atomic mass is 16.5. The van der Waals surface area contributed by atoms with Gasteiger partial charge in [-0.15, -0.1) is 0 Å². The summed E-state index contributed by atoms with van der Waals surface area (Å²) in [5.41, 5.74) is 3.58. The van der Waals surface area contributed by atoms with Crippen molar-refractivity contribution in [2.24, 2.45) is 0 Å². The molecule has 1 aromatic heterocycles. The maximum absolute atomic E-state index is 12.9. The Balaban J connectivity index is 1.61. The number of rotatable bonds is 5. The number of amides is 1. The molecule has 0 unspecified atom stereocenters. The zero-order valence-corrected chi connectivity index (χ0v) is 20.8. The highest BCUT2D eigenvalue weighted by Crippen LogP contribution is 2.40. The number of carbonyl (C=O) groups excluding carboxylic acids is 1. The minimum Gasteiger partial charge on any atom is -0.507 e. The van der Waals surface area contributed by atoms with E-state index in [1.165, 1.54) is 0 Å². The molecule has 1 aliphatic rings. The molecule has 0 spiro atoms. The Kier molecular flexibility index (Phi) is 7.03. The molecule has 1 N–H and O–H groups in total. The van der Waals surface area contributed by atoms with Crippen molar-refractivity contribution in [2.45, 2.75) is 78.7 Å². The van der Waals surface area contributed by atoms with E-state index < -0.39 is 0 Å². The molecule has 0 bridgehead atoms. The Bertz CT molecular complexity index is 907. The summed E-state index contributed by atoms with van der Waals surface area (Å²) in [6.07, 6.45) is 1.17. The van der Waals surface area contributed by atoms with Crippen molar-refractivity contribution in [3.63, 3.8) is 0 Å². The summed E-state index contributed by atoms with van der Waals surface area (Å²) in [7, 11) is 0. The molecule has 6 heteroatoms. The first-order valence-corrected chi connectivity index (χ1v) is 11.6. The van der Waals surface area contributed by atoms with Crippen molar-refractivity contribution in [3.05, 3.63) is 46.3 Å². The zero-order valence-electron chi connectivity index (χ0n) is 20.8. The van der Waals surface area contributed by atoms with Gasteiger partial charge in [-0.2, -0.15) is 0 Å². The second kappa shape index (κ2) is 9.26. The molecule has 1 saturated heterocycles. The van der Waals surface area contributed by atoms with Gasteiger partial charge in [-0.3, -0.25) is 9.69 Å². The van der Waals surface area contributed by atoms with Crippen LogP contribution in [0.5, 0.6) is 5.75 Å². The Hall–Kier alpha value is -2.34. The number of nitrogens with zero attached hydrogens (tertiary/aromatic N) is 3. The third-order valence-electron chi connectivity index (χ3n) is 6.19. The van der Waals surface area contributed by atoms with Crippen LogP contribution in [-0.2, 0) is 28.6 Å². The van der Waals surface area contributed by atoms with Crippen LogP contribution in [-0.4, -0.2) is 52.1 Å². The average Bonchev–Trinajstić information content (AvgIpc) is 3.10. The molecule has 1 amide bonds. The summed E-state index contributed by atoms with van der Waals surface area (Å²) in [4.78, 5) is 17.2. The van der Waals surface area contributed by atoms with Crippen molar-refractivity contribution in [3.8, 4) is 5.75 Å². The van der Waals surface area contributed by atoms with Crippen molar-refractivity contribution >= 4 is 5.91 Å². The van der Waals surface area contributed by atoms with Gasteiger partial charge in [0.1, 0.15) is 5.75 Å². The molecule has 2 aromatic rings. The molecule has 6 nitrogen and oxygen atoms in total. The molecular formula is C26H39N3O3. The van der Waals surface area contributed by atoms with Gasteiger partial charge >= 0.3 is 0 Å². The fourth-order valence-electron chi connectivity index (χ4n) is 4.26. The lowest BCUT2D eigenvalue weighted by Crippen LogP contribution is -2.48. The van der Waals surface area contributed by atoms with Crippen LogP contribution in [0.4, 0.5) is 0 Å². The highest BCUT2D eigenvalue weighted by Gasteiger charge is 2.27. The van der Waals surface area contributed by atoms with Gasteiger partial charge in [0.2, 0.25) is 5.91 Å². The number of hydrogen-bond acceptors (Lipinski definition) is 5. The van der Waals surface area contributed by atoms with E-state index in [1.807, 2.05) is 17.9 Å². The summed E-state index contributed by atoms with van der Waals surface area (Å²) < 4.78 is 5.31. The number of aryl methyl sites for hydroxylation is 2. The van der Waals surface area contributed by atoms with E-state index >= 15 is 0 Å².